The van der Waals surface area contributed by atoms with Gasteiger partial charge in [-0.05, 0) is 13.0 Å². The fourth-order valence-electron chi connectivity index (χ4n) is 1.33. The van der Waals surface area contributed by atoms with Crippen molar-refractivity contribution in [1.29, 1.82) is 0 Å². The van der Waals surface area contributed by atoms with Gasteiger partial charge in [-0.1, -0.05) is 11.6 Å². The predicted octanol–water partition coefficient (Wildman–Crippen LogP) is 2.72. The number of nitro groups is 1. The highest BCUT2D eigenvalue weighted by Crippen LogP contribution is 2.33. The predicted molar refractivity (Wildman–Crippen MR) is 69.4 cm³/mol. The van der Waals surface area contributed by atoms with Gasteiger partial charge in [0.25, 0.3) is 5.69 Å². The summed E-state index contributed by atoms with van der Waals surface area (Å²) in [6, 6.07) is 3.89. The first-order valence-electron chi connectivity index (χ1n) is 5.18. The van der Waals surface area contributed by atoms with E-state index in [2.05, 4.69) is 9.97 Å². The molecule has 0 amide bonds. The van der Waals surface area contributed by atoms with Crippen LogP contribution in [0.5, 0.6) is 11.6 Å². The number of rotatable bonds is 3. The highest BCUT2D eigenvalue weighted by atomic mass is 35.5. The van der Waals surface area contributed by atoms with Crippen LogP contribution in [0.25, 0.3) is 0 Å². The van der Waals surface area contributed by atoms with Gasteiger partial charge in [0.2, 0.25) is 11.8 Å². The maximum absolute atomic E-state index is 10.7. The van der Waals surface area contributed by atoms with Crippen LogP contribution in [0.3, 0.4) is 0 Å². The fourth-order valence-corrected chi connectivity index (χ4v) is 1.49. The standard InChI is InChI=1S/C11H9ClN4O3/c1-6-5-14-11(13)15-10(6)19-9-4-7(16(17)18)2-3-8(9)12/h2-5H,1H3,(H2,13,14,15). The average molecular weight is 281 g/mol. The van der Waals surface area contributed by atoms with Gasteiger partial charge < -0.3 is 10.5 Å². The van der Waals surface area contributed by atoms with E-state index in [-0.39, 0.29) is 28.3 Å². The van der Waals surface area contributed by atoms with Crippen molar-refractivity contribution >= 4 is 23.2 Å². The second-order valence-corrected chi connectivity index (χ2v) is 4.10. The summed E-state index contributed by atoms with van der Waals surface area (Å²) in [7, 11) is 0. The van der Waals surface area contributed by atoms with Crippen molar-refractivity contribution < 1.29 is 9.66 Å². The molecule has 0 fully saturated rings. The number of aromatic nitrogens is 2. The van der Waals surface area contributed by atoms with Crippen LogP contribution in [0.2, 0.25) is 5.02 Å². The molecular weight excluding hydrogens is 272 g/mol. The minimum atomic E-state index is -0.537. The number of nitro benzene ring substituents is 1. The minimum Gasteiger partial charge on any atom is -0.437 e. The molecule has 1 aromatic carbocycles. The van der Waals surface area contributed by atoms with E-state index in [4.69, 9.17) is 22.1 Å². The summed E-state index contributed by atoms with van der Waals surface area (Å²) < 4.78 is 5.44. The Labute approximate surface area is 113 Å². The average Bonchev–Trinajstić information content (AvgIpc) is 2.36. The molecule has 2 aromatic rings. The third-order valence-corrected chi connectivity index (χ3v) is 2.59. The molecule has 98 valence electrons. The van der Waals surface area contributed by atoms with Crippen molar-refractivity contribution in [2.45, 2.75) is 6.92 Å². The Hall–Kier alpha value is -2.41. The first-order chi connectivity index (χ1) is 8.97. The molecule has 1 aromatic heterocycles. The Morgan fingerprint density at radius 3 is 2.89 bits per heavy atom. The molecular formula is C11H9ClN4O3. The van der Waals surface area contributed by atoms with E-state index in [0.29, 0.717) is 5.56 Å². The normalized spacial score (nSPS) is 10.2. The zero-order valence-corrected chi connectivity index (χ0v) is 10.6. The van der Waals surface area contributed by atoms with Crippen molar-refractivity contribution in [3.8, 4) is 11.6 Å². The van der Waals surface area contributed by atoms with Gasteiger partial charge in [0, 0.05) is 17.8 Å². The van der Waals surface area contributed by atoms with Crippen LogP contribution in [0.1, 0.15) is 5.56 Å². The number of halogens is 1. The number of non-ortho nitro benzene ring substituents is 1. The third kappa shape index (κ3) is 2.89. The van der Waals surface area contributed by atoms with Crippen LogP contribution in [0.15, 0.2) is 24.4 Å². The largest absolute Gasteiger partial charge is 0.437 e. The van der Waals surface area contributed by atoms with Gasteiger partial charge in [-0.3, -0.25) is 10.1 Å². The zero-order valence-electron chi connectivity index (χ0n) is 9.83. The van der Waals surface area contributed by atoms with E-state index in [0.717, 1.165) is 0 Å². The van der Waals surface area contributed by atoms with E-state index >= 15 is 0 Å². The molecule has 0 unspecified atom stereocenters. The van der Waals surface area contributed by atoms with Crippen molar-refractivity contribution in [3.63, 3.8) is 0 Å². The summed E-state index contributed by atoms with van der Waals surface area (Å²) in [6.45, 7) is 1.72. The summed E-state index contributed by atoms with van der Waals surface area (Å²) in [5.74, 6) is 0.383. The van der Waals surface area contributed by atoms with Gasteiger partial charge in [-0.25, -0.2) is 4.98 Å². The molecule has 0 bridgehead atoms. The molecule has 0 saturated heterocycles. The minimum absolute atomic E-state index is 0.0437. The van der Waals surface area contributed by atoms with Crippen LogP contribution in [0.4, 0.5) is 11.6 Å². The lowest BCUT2D eigenvalue weighted by Gasteiger charge is -2.08. The summed E-state index contributed by atoms with van der Waals surface area (Å²) in [5.41, 5.74) is 5.96. The highest BCUT2D eigenvalue weighted by molar-refractivity contribution is 6.32. The molecule has 0 aliphatic heterocycles. The van der Waals surface area contributed by atoms with Crippen LogP contribution >= 0.6 is 11.6 Å². The van der Waals surface area contributed by atoms with E-state index in [9.17, 15) is 10.1 Å². The lowest BCUT2D eigenvalue weighted by molar-refractivity contribution is -0.384. The number of aryl methyl sites for hydroxylation is 1. The molecule has 0 aliphatic rings. The molecule has 0 aliphatic carbocycles. The quantitative estimate of drug-likeness (QED) is 0.684. The van der Waals surface area contributed by atoms with Crippen molar-refractivity contribution in [2.24, 2.45) is 0 Å². The molecule has 0 spiro atoms. The summed E-state index contributed by atoms with van der Waals surface area (Å²) >= 11 is 5.92. The molecule has 7 nitrogen and oxygen atoms in total. The Morgan fingerprint density at radius 1 is 1.47 bits per heavy atom. The Bertz CT molecular complexity index is 648. The first kappa shape index (κ1) is 13.0. The molecule has 8 heteroatoms. The summed E-state index contributed by atoms with van der Waals surface area (Å²) in [6.07, 6.45) is 1.49. The molecule has 0 radical (unpaired) electrons. The Morgan fingerprint density at radius 2 is 2.21 bits per heavy atom. The lowest BCUT2D eigenvalue weighted by Crippen LogP contribution is -1.99. The maximum atomic E-state index is 10.7. The number of benzene rings is 1. The fraction of sp³-hybridized carbons (Fsp3) is 0.0909. The van der Waals surface area contributed by atoms with E-state index in [1.54, 1.807) is 6.92 Å². The number of hydrogen-bond donors (Lipinski definition) is 1. The Kier molecular flexibility index (Phi) is 3.48. The van der Waals surface area contributed by atoms with Gasteiger partial charge in [-0.2, -0.15) is 4.98 Å². The maximum Gasteiger partial charge on any atom is 0.273 e. The smallest absolute Gasteiger partial charge is 0.273 e. The summed E-state index contributed by atoms with van der Waals surface area (Å²) in [4.78, 5) is 17.9. The number of ether oxygens (including phenoxy) is 1. The topological polar surface area (TPSA) is 104 Å². The number of nitrogens with two attached hydrogens (primary N) is 1. The second-order valence-electron chi connectivity index (χ2n) is 3.69. The van der Waals surface area contributed by atoms with Gasteiger partial charge >= 0.3 is 0 Å². The van der Waals surface area contributed by atoms with E-state index in [1.807, 2.05) is 0 Å². The third-order valence-electron chi connectivity index (χ3n) is 2.28. The Balaban J connectivity index is 2.40. The van der Waals surface area contributed by atoms with Crippen LogP contribution in [-0.4, -0.2) is 14.9 Å². The molecule has 0 atom stereocenters. The zero-order chi connectivity index (χ0) is 14.0. The highest BCUT2D eigenvalue weighted by Gasteiger charge is 2.13. The second kappa shape index (κ2) is 5.07. The monoisotopic (exact) mass is 280 g/mol. The number of hydrogen-bond acceptors (Lipinski definition) is 6. The molecule has 2 N–H and O–H groups in total. The van der Waals surface area contributed by atoms with Crippen LogP contribution in [-0.2, 0) is 0 Å². The summed E-state index contributed by atoms with van der Waals surface area (Å²) in [5, 5.41) is 10.9. The molecule has 2 rings (SSSR count). The van der Waals surface area contributed by atoms with Crippen molar-refractivity contribution in [1.82, 2.24) is 9.97 Å². The first-order valence-corrected chi connectivity index (χ1v) is 5.56. The van der Waals surface area contributed by atoms with E-state index < -0.39 is 4.92 Å². The van der Waals surface area contributed by atoms with Gasteiger partial charge in [0.05, 0.1) is 16.0 Å². The molecule has 19 heavy (non-hydrogen) atoms. The van der Waals surface area contributed by atoms with Crippen LogP contribution < -0.4 is 10.5 Å². The van der Waals surface area contributed by atoms with E-state index in [1.165, 1.54) is 24.4 Å². The number of nitrogen functional groups attached to an aromatic ring is 1. The van der Waals surface area contributed by atoms with Gasteiger partial charge in [-0.15, -0.1) is 0 Å². The van der Waals surface area contributed by atoms with Gasteiger partial charge in [0.15, 0.2) is 5.75 Å². The molecule has 0 saturated carbocycles. The lowest BCUT2D eigenvalue weighted by atomic mass is 10.3. The number of anilines is 1. The van der Waals surface area contributed by atoms with Crippen LogP contribution in [0, 0.1) is 17.0 Å². The van der Waals surface area contributed by atoms with Crippen molar-refractivity contribution in [2.75, 3.05) is 5.73 Å². The number of nitrogens with zero attached hydrogens (tertiary/aromatic N) is 3. The SMILES string of the molecule is Cc1cnc(N)nc1Oc1cc([N+](=O)[O-])ccc1Cl. The molecule has 1 heterocycles. The van der Waals surface area contributed by atoms with Crippen molar-refractivity contribution in [3.05, 3.63) is 45.1 Å². The van der Waals surface area contributed by atoms with Gasteiger partial charge in [0.1, 0.15) is 0 Å².